The van der Waals surface area contributed by atoms with Gasteiger partial charge in [-0.2, -0.15) is 0 Å². The number of aromatic nitrogens is 1. The lowest BCUT2D eigenvalue weighted by molar-refractivity contribution is -0.120. The second kappa shape index (κ2) is 5.01. The van der Waals surface area contributed by atoms with Crippen molar-refractivity contribution in [2.75, 3.05) is 6.54 Å². The lowest BCUT2D eigenvalue weighted by atomic mass is 10.1. The third-order valence-electron chi connectivity index (χ3n) is 3.54. The van der Waals surface area contributed by atoms with Crippen molar-refractivity contribution in [3.8, 4) is 0 Å². The fourth-order valence-corrected chi connectivity index (χ4v) is 2.20. The zero-order valence-electron chi connectivity index (χ0n) is 10.6. The predicted molar refractivity (Wildman–Crippen MR) is 71.4 cm³/mol. The van der Waals surface area contributed by atoms with E-state index in [1.165, 1.54) is 12.8 Å². The molecule has 0 spiro atoms. The quantitative estimate of drug-likeness (QED) is 0.846. The van der Waals surface area contributed by atoms with Gasteiger partial charge >= 0.3 is 0 Å². The van der Waals surface area contributed by atoms with Crippen molar-refractivity contribution in [1.82, 2.24) is 10.5 Å². The average molecular weight is 259 g/mol. The fourth-order valence-electron chi connectivity index (χ4n) is 2.20. The summed E-state index contributed by atoms with van der Waals surface area (Å²) in [5.74, 6) is 0.531. The molecule has 3 N–H and O–H groups in total. The Labute approximate surface area is 111 Å². The van der Waals surface area contributed by atoms with Crippen molar-refractivity contribution in [2.24, 2.45) is 11.7 Å². The molecule has 1 aromatic heterocycles. The minimum Gasteiger partial charge on any atom is -0.356 e. The first kappa shape index (κ1) is 12.2. The van der Waals surface area contributed by atoms with E-state index in [1.807, 2.05) is 24.3 Å². The summed E-state index contributed by atoms with van der Waals surface area (Å²) in [6.45, 7) is 0.541. The van der Waals surface area contributed by atoms with Crippen LogP contribution in [0.1, 0.15) is 18.5 Å². The maximum Gasteiger partial charge on any atom is 0.226 e. The SMILES string of the molecule is NC(CNC(=O)Cc1noc2ccccc12)C1CC1. The summed E-state index contributed by atoms with van der Waals surface area (Å²) >= 11 is 0. The second-order valence-electron chi connectivity index (χ2n) is 5.11. The molecule has 0 saturated heterocycles. The molecule has 0 bridgehead atoms. The molecule has 1 amide bonds. The number of amides is 1. The summed E-state index contributed by atoms with van der Waals surface area (Å²) in [5, 5.41) is 7.70. The molecule has 0 radical (unpaired) electrons. The molecule has 1 aromatic carbocycles. The van der Waals surface area contributed by atoms with Gasteiger partial charge in [-0.3, -0.25) is 4.79 Å². The first-order chi connectivity index (χ1) is 9.24. The standard InChI is InChI=1S/C14H17N3O2/c15-11(9-5-6-9)8-16-14(18)7-12-10-3-1-2-4-13(10)19-17-12/h1-4,9,11H,5-8,15H2,(H,16,18). The number of benzene rings is 1. The van der Waals surface area contributed by atoms with Gasteiger partial charge in [0.05, 0.1) is 6.42 Å². The Kier molecular flexibility index (Phi) is 3.21. The van der Waals surface area contributed by atoms with Gasteiger partial charge in [-0.15, -0.1) is 0 Å². The van der Waals surface area contributed by atoms with Crippen LogP contribution in [0.25, 0.3) is 11.0 Å². The number of nitrogens with two attached hydrogens (primary N) is 1. The zero-order valence-corrected chi connectivity index (χ0v) is 10.6. The van der Waals surface area contributed by atoms with Crippen LogP contribution >= 0.6 is 0 Å². The van der Waals surface area contributed by atoms with Crippen LogP contribution in [-0.4, -0.2) is 23.7 Å². The number of rotatable bonds is 5. The Morgan fingerprint density at radius 1 is 1.47 bits per heavy atom. The van der Waals surface area contributed by atoms with Crippen LogP contribution in [0.15, 0.2) is 28.8 Å². The largest absolute Gasteiger partial charge is 0.356 e. The van der Waals surface area contributed by atoms with Gasteiger partial charge in [0.2, 0.25) is 5.91 Å². The third kappa shape index (κ3) is 2.76. The molecule has 1 aliphatic rings. The van der Waals surface area contributed by atoms with Gasteiger partial charge < -0.3 is 15.6 Å². The average Bonchev–Trinajstić information content (AvgIpc) is 3.20. The highest BCUT2D eigenvalue weighted by atomic mass is 16.5. The number of hydrogen-bond acceptors (Lipinski definition) is 4. The normalized spacial score (nSPS) is 16.5. The Morgan fingerprint density at radius 2 is 2.26 bits per heavy atom. The molecule has 1 aliphatic carbocycles. The molecule has 3 rings (SSSR count). The second-order valence-corrected chi connectivity index (χ2v) is 5.11. The molecule has 1 heterocycles. The van der Waals surface area contributed by atoms with E-state index < -0.39 is 0 Å². The smallest absolute Gasteiger partial charge is 0.226 e. The lowest BCUT2D eigenvalue weighted by Gasteiger charge is -2.10. The van der Waals surface area contributed by atoms with Gasteiger partial charge in [0.15, 0.2) is 5.58 Å². The van der Waals surface area contributed by atoms with Crippen molar-refractivity contribution in [3.05, 3.63) is 30.0 Å². The van der Waals surface area contributed by atoms with Crippen LogP contribution in [0.2, 0.25) is 0 Å². The molecule has 1 unspecified atom stereocenters. The topological polar surface area (TPSA) is 81.1 Å². The molecule has 0 aliphatic heterocycles. The molecule has 19 heavy (non-hydrogen) atoms. The molecule has 100 valence electrons. The molecule has 5 nitrogen and oxygen atoms in total. The van der Waals surface area contributed by atoms with Gasteiger partial charge in [0.25, 0.3) is 0 Å². The molecule has 1 fully saturated rings. The van der Waals surface area contributed by atoms with Crippen LogP contribution in [0.3, 0.4) is 0 Å². The van der Waals surface area contributed by atoms with E-state index >= 15 is 0 Å². The van der Waals surface area contributed by atoms with E-state index in [2.05, 4.69) is 10.5 Å². The van der Waals surface area contributed by atoms with Gasteiger partial charge in [0, 0.05) is 18.0 Å². The van der Waals surface area contributed by atoms with Crippen LogP contribution < -0.4 is 11.1 Å². The van der Waals surface area contributed by atoms with Crippen molar-refractivity contribution in [3.63, 3.8) is 0 Å². The molecule has 5 heteroatoms. The number of carbonyl (C=O) groups excluding carboxylic acids is 1. The van der Waals surface area contributed by atoms with E-state index in [4.69, 9.17) is 10.3 Å². The number of hydrogen-bond donors (Lipinski definition) is 2. The maximum atomic E-state index is 11.9. The van der Waals surface area contributed by atoms with Crippen molar-refractivity contribution >= 4 is 16.9 Å². The van der Waals surface area contributed by atoms with E-state index in [0.717, 1.165) is 5.39 Å². The Morgan fingerprint density at radius 3 is 3.05 bits per heavy atom. The molecular weight excluding hydrogens is 242 g/mol. The Balaban J connectivity index is 1.59. The molecule has 2 aromatic rings. The number of para-hydroxylation sites is 1. The third-order valence-corrected chi connectivity index (χ3v) is 3.54. The fraction of sp³-hybridized carbons (Fsp3) is 0.429. The summed E-state index contributed by atoms with van der Waals surface area (Å²) < 4.78 is 5.17. The van der Waals surface area contributed by atoms with Crippen LogP contribution in [-0.2, 0) is 11.2 Å². The van der Waals surface area contributed by atoms with E-state index in [9.17, 15) is 4.79 Å². The summed E-state index contributed by atoms with van der Waals surface area (Å²) in [5.41, 5.74) is 7.32. The van der Waals surface area contributed by atoms with E-state index in [0.29, 0.717) is 23.7 Å². The summed E-state index contributed by atoms with van der Waals surface area (Å²) in [6, 6.07) is 7.62. The lowest BCUT2D eigenvalue weighted by Crippen LogP contribution is -2.39. The van der Waals surface area contributed by atoms with E-state index in [1.54, 1.807) is 0 Å². The zero-order chi connectivity index (χ0) is 13.2. The van der Waals surface area contributed by atoms with Gasteiger partial charge in [-0.25, -0.2) is 0 Å². The first-order valence-electron chi connectivity index (χ1n) is 6.59. The van der Waals surface area contributed by atoms with Crippen molar-refractivity contribution in [2.45, 2.75) is 25.3 Å². The monoisotopic (exact) mass is 259 g/mol. The highest BCUT2D eigenvalue weighted by Gasteiger charge is 2.28. The van der Waals surface area contributed by atoms with Gasteiger partial charge in [-0.1, -0.05) is 17.3 Å². The number of nitrogens with zero attached hydrogens (tertiary/aromatic N) is 1. The van der Waals surface area contributed by atoms with Gasteiger partial charge in [0.1, 0.15) is 5.69 Å². The molecule has 1 atom stereocenters. The maximum absolute atomic E-state index is 11.9. The number of fused-ring (bicyclic) bond motifs is 1. The summed E-state index contributed by atoms with van der Waals surface area (Å²) in [4.78, 5) is 11.9. The first-order valence-corrected chi connectivity index (χ1v) is 6.59. The predicted octanol–water partition coefficient (Wildman–Crippen LogP) is 1.22. The number of carbonyl (C=O) groups is 1. The van der Waals surface area contributed by atoms with Crippen LogP contribution in [0.5, 0.6) is 0 Å². The highest BCUT2D eigenvalue weighted by Crippen LogP contribution is 2.31. The minimum absolute atomic E-state index is 0.0600. The van der Waals surface area contributed by atoms with Crippen molar-refractivity contribution < 1.29 is 9.32 Å². The molecule has 1 saturated carbocycles. The number of nitrogens with one attached hydrogen (secondary N) is 1. The summed E-state index contributed by atoms with van der Waals surface area (Å²) in [7, 11) is 0. The Hall–Kier alpha value is -1.88. The minimum atomic E-state index is -0.0600. The van der Waals surface area contributed by atoms with E-state index in [-0.39, 0.29) is 18.4 Å². The summed E-state index contributed by atoms with van der Waals surface area (Å²) in [6.07, 6.45) is 2.60. The van der Waals surface area contributed by atoms with Crippen molar-refractivity contribution in [1.29, 1.82) is 0 Å². The van der Waals surface area contributed by atoms with Crippen LogP contribution in [0.4, 0.5) is 0 Å². The Bertz CT molecular complexity index is 589. The van der Waals surface area contributed by atoms with Crippen LogP contribution in [0, 0.1) is 5.92 Å². The highest BCUT2D eigenvalue weighted by molar-refractivity contribution is 5.86. The molecular formula is C14H17N3O2. The van der Waals surface area contributed by atoms with Gasteiger partial charge in [-0.05, 0) is 30.9 Å².